The first kappa shape index (κ1) is 10.1. The van der Waals surface area contributed by atoms with Crippen LogP contribution in [0.4, 0.5) is 10.1 Å². The lowest BCUT2D eigenvalue weighted by atomic mass is 10.2. The van der Waals surface area contributed by atoms with Crippen LogP contribution in [0.25, 0.3) is 0 Å². The van der Waals surface area contributed by atoms with Crippen molar-refractivity contribution in [2.45, 2.75) is 0 Å². The van der Waals surface area contributed by atoms with E-state index in [0.29, 0.717) is 0 Å². The summed E-state index contributed by atoms with van der Waals surface area (Å²) in [5.41, 5.74) is 2.38. The Hall–Kier alpha value is -1.98. The van der Waals surface area contributed by atoms with Gasteiger partial charge in [-0.3, -0.25) is 10.1 Å². The molecule has 0 aromatic heterocycles. The second kappa shape index (κ2) is 4.31. The van der Waals surface area contributed by atoms with Crippen molar-refractivity contribution in [3.8, 4) is 0 Å². The third-order valence-electron chi connectivity index (χ3n) is 1.52. The second-order valence-corrected chi connectivity index (χ2v) is 2.44. The van der Waals surface area contributed by atoms with Crippen molar-refractivity contribution < 1.29 is 9.31 Å². The molecule has 0 atom stereocenters. The maximum atomic E-state index is 12.7. The highest BCUT2D eigenvalue weighted by molar-refractivity contribution is 5.85. The minimum absolute atomic E-state index is 0.129. The van der Waals surface area contributed by atoms with Gasteiger partial charge in [0.25, 0.3) is 5.69 Å². The van der Waals surface area contributed by atoms with E-state index >= 15 is 0 Å². The first-order valence-corrected chi connectivity index (χ1v) is 3.79. The standard InChI is InChI=1S/C8H8FN3O2/c1-10-11-5-6-4-7(9)2-3-8(6)12(13)14/h2-5,10H,1H3/b11-5+. The predicted molar refractivity (Wildman–Crippen MR) is 49.7 cm³/mol. The molecule has 1 N–H and O–H groups in total. The molecule has 1 rings (SSSR count). The molecule has 1 aromatic carbocycles. The van der Waals surface area contributed by atoms with Crippen molar-refractivity contribution in [1.82, 2.24) is 5.43 Å². The molecule has 0 spiro atoms. The maximum absolute atomic E-state index is 12.7. The molecule has 14 heavy (non-hydrogen) atoms. The fourth-order valence-electron chi connectivity index (χ4n) is 0.929. The fourth-order valence-corrected chi connectivity index (χ4v) is 0.929. The van der Waals surface area contributed by atoms with E-state index in [4.69, 9.17) is 0 Å². The molecule has 0 aliphatic heterocycles. The number of benzene rings is 1. The van der Waals surface area contributed by atoms with Crippen LogP contribution in [0.3, 0.4) is 0 Å². The molecule has 0 radical (unpaired) electrons. The summed E-state index contributed by atoms with van der Waals surface area (Å²) in [4.78, 5) is 9.91. The zero-order valence-corrected chi connectivity index (χ0v) is 7.40. The van der Waals surface area contributed by atoms with E-state index in [1.165, 1.54) is 6.21 Å². The Morgan fingerprint density at radius 2 is 2.36 bits per heavy atom. The van der Waals surface area contributed by atoms with Gasteiger partial charge in [0.1, 0.15) is 5.82 Å². The minimum atomic E-state index is -0.587. The normalized spacial score (nSPS) is 10.4. The number of hydrogen-bond acceptors (Lipinski definition) is 4. The molecule has 0 amide bonds. The van der Waals surface area contributed by atoms with Crippen LogP contribution in [0, 0.1) is 15.9 Å². The summed E-state index contributed by atoms with van der Waals surface area (Å²) in [7, 11) is 1.54. The van der Waals surface area contributed by atoms with Gasteiger partial charge in [-0.2, -0.15) is 5.10 Å². The van der Waals surface area contributed by atoms with Gasteiger partial charge in [-0.25, -0.2) is 4.39 Å². The Kier molecular flexibility index (Phi) is 3.11. The van der Waals surface area contributed by atoms with Gasteiger partial charge < -0.3 is 5.43 Å². The van der Waals surface area contributed by atoms with Gasteiger partial charge in [0, 0.05) is 13.1 Å². The third kappa shape index (κ3) is 2.25. The predicted octanol–water partition coefficient (Wildman–Crippen LogP) is 1.29. The molecule has 0 fully saturated rings. The van der Waals surface area contributed by atoms with Crippen LogP contribution in [0.5, 0.6) is 0 Å². The van der Waals surface area contributed by atoms with Crippen molar-refractivity contribution in [1.29, 1.82) is 0 Å². The molecule has 0 heterocycles. The Labute approximate surface area is 79.4 Å². The van der Waals surface area contributed by atoms with E-state index in [1.54, 1.807) is 7.05 Å². The number of nitro benzene ring substituents is 1. The molecule has 6 heteroatoms. The molecule has 0 aliphatic rings. The Morgan fingerprint density at radius 1 is 1.64 bits per heavy atom. The smallest absolute Gasteiger partial charge is 0.278 e. The Bertz CT molecular complexity index is 379. The molecule has 5 nitrogen and oxygen atoms in total. The lowest BCUT2D eigenvalue weighted by Crippen LogP contribution is -1.99. The van der Waals surface area contributed by atoms with E-state index in [9.17, 15) is 14.5 Å². The van der Waals surface area contributed by atoms with Gasteiger partial charge in [0.05, 0.1) is 16.7 Å². The molecule has 1 aromatic rings. The summed E-state index contributed by atoms with van der Waals surface area (Å²) >= 11 is 0. The highest BCUT2D eigenvalue weighted by Gasteiger charge is 2.12. The SMILES string of the molecule is CN/N=C/c1cc(F)ccc1[N+](=O)[O-]. The van der Waals surface area contributed by atoms with Gasteiger partial charge in [0.2, 0.25) is 0 Å². The first-order chi connectivity index (χ1) is 6.65. The highest BCUT2D eigenvalue weighted by Crippen LogP contribution is 2.17. The van der Waals surface area contributed by atoms with Gasteiger partial charge in [-0.15, -0.1) is 0 Å². The molecule has 0 aliphatic carbocycles. The lowest BCUT2D eigenvalue weighted by Gasteiger charge is -1.96. The molecule has 0 saturated carbocycles. The van der Waals surface area contributed by atoms with E-state index in [0.717, 1.165) is 18.2 Å². The first-order valence-electron chi connectivity index (χ1n) is 3.79. The van der Waals surface area contributed by atoms with Crippen LogP contribution < -0.4 is 5.43 Å². The van der Waals surface area contributed by atoms with Gasteiger partial charge in [-0.05, 0) is 12.1 Å². The summed E-state index contributed by atoms with van der Waals surface area (Å²) in [5, 5.41) is 14.1. The zero-order chi connectivity index (χ0) is 10.6. The van der Waals surface area contributed by atoms with Crippen LogP contribution >= 0.6 is 0 Å². The molecule has 0 saturated heterocycles. The van der Waals surface area contributed by atoms with Crippen molar-refractivity contribution in [2.24, 2.45) is 5.10 Å². The number of halogens is 1. The van der Waals surface area contributed by atoms with E-state index in [1.807, 2.05) is 0 Å². The van der Waals surface area contributed by atoms with E-state index in [2.05, 4.69) is 10.5 Å². The van der Waals surface area contributed by atoms with E-state index in [-0.39, 0.29) is 11.3 Å². The minimum Gasteiger partial charge on any atom is -0.313 e. The van der Waals surface area contributed by atoms with Crippen LogP contribution in [0.1, 0.15) is 5.56 Å². The average molecular weight is 197 g/mol. The largest absolute Gasteiger partial charge is 0.313 e. The number of hydrazone groups is 1. The zero-order valence-electron chi connectivity index (χ0n) is 7.40. The molecular weight excluding hydrogens is 189 g/mol. The quantitative estimate of drug-likeness (QED) is 0.451. The van der Waals surface area contributed by atoms with Gasteiger partial charge >= 0.3 is 0 Å². The van der Waals surface area contributed by atoms with Crippen LogP contribution in [0.2, 0.25) is 0 Å². The Balaban J connectivity index is 3.15. The fraction of sp³-hybridized carbons (Fsp3) is 0.125. The second-order valence-electron chi connectivity index (χ2n) is 2.44. The summed E-state index contributed by atoms with van der Waals surface area (Å²) < 4.78 is 12.7. The summed E-state index contributed by atoms with van der Waals surface area (Å²) in [5.74, 6) is -0.534. The third-order valence-corrected chi connectivity index (χ3v) is 1.52. The van der Waals surface area contributed by atoms with E-state index < -0.39 is 10.7 Å². The van der Waals surface area contributed by atoms with Crippen molar-refractivity contribution in [2.75, 3.05) is 7.05 Å². The lowest BCUT2D eigenvalue weighted by molar-refractivity contribution is -0.385. The van der Waals surface area contributed by atoms with Crippen molar-refractivity contribution in [3.63, 3.8) is 0 Å². The van der Waals surface area contributed by atoms with Crippen molar-refractivity contribution in [3.05, 3.63) is 39.7 Å². The Morgan fingerprint density at radius 3 is 2.93 bits per heavy atom. The summed E-state index contributed by atoms with van der Waals surface area (Å²) in [6.07, 6.45) is 1.20. The summed E-state index contributed by atoms with van der Waals surface area (Å²) in [6, 6.07) is 3.19. The van der Waals surface area contributed by atoms with Crippen molar-refractivity contribution >= 4 is 11.9 Å². The molecule has 74 valence electrons. The van der Waals surface area contributed by atoms with Crippen LogP contribution in [0.15, 0.2) is 23.3 Å². The van der Waals surface area contributed by atoms with Gasteiger partial charge in [-0.1, -0.05) is 0 Å². The average Bonchev–Trinajstić information content (AvgIpc) is 2.14. The topological polar surface area (TPSA) is 67.5 Å². The van der Waals surface area contributed by atoms with Crippen LogP contribution in [-0.4, -0.2) is 18.2 Å². The molecular formula is C8H8FN3O2. The van der Waals surface area contributed by atoms with Gasteiger partial charge in [0.15, 0.2) is 0 Å². The number of rotatable bonds is 3. The number of hydrogen-bond donors (Lipinski definition) is 1. The maximum Gasteiger partial charge on any atom is 0.278 e. The molecule has 0 bridgehead atoms. The van der Waals surface area contributed by atoms with Crippen LogP contribution in [-0.2, 0) is 0 Å². The number of nitrogens with zero attached hydrogens (tertiary/aromatic N) is 2. The summed E-state index contributed by atoms with van der Waals surface area (Å²) in [6.45, 7) is 0. The number of nitro groups is 1. The highest BCUT2D eigenvalue weighted by atomic mass is 19.1. The monoisotopic (exact) mass is 197 g/mol. The molecule has 0 unspecified atom stereocenters. The number of nitrogens with one attached hydrogen (secondary N) is 1.